The lowest BCUT2D eigenvalue weighted by Crippen LogP contribution is -2.47. The fourth-order valence-corrected chi connectivity index (χ4v) is 3.41. The van der Waals surface area contributed by atoms with Gasteiger partial charge in [0.2, 0.25) is 5.82 Å². The first-order valence-corrected chi connectivity index (χ1v) is 7.48. The minimum absolute atomic E-state index is 0.0907. The Balaban J connectivity index is 2.66. The lowest BCUT2D eigenvalue weighted by atomic mass is 9.74. The van der Waals surface area contributed by atoms with Crippen molar-refractivity contribution < 1.29 is 41.3 Å². The summed E-state index contributed by atoms with van der Waals surface area (Å²) in [5.74, 6) is -7.89. The van der Waals surface area contributed by atoms with Gasteiger partial charge in [-0.25, -0.2) is 9.18 Å². The second-order valence-electron chi connectivity index (χ2n) is 6.01. The van der Waals surface area contributed by atoms with E-state index in [-0.39, 0.29) is 12.0 Å². The van der Waals surface area contributed by atoms with E-state index in [9.17, 15) is 31.9 Å². The van der Waals surface area contributed by atoms with E-state index in [1.165, 1.54) is 6.92 Å². The van der Waals surface area contributed by atoms with E-state index in [2.05, 4.69) is 4.74 Å². The van der Waals surface area contributed by atoms with Gasteiger partial charge in [-0.2, -0.15) is 17.6 Å². The molecule has 0 aliphatic carbocycles. The molecule has 1 N–H and O–H groups in total. The molecule has 1 heterocycles. The van der Waals surface area contributed by atoms with E-state index in [1.807, 2.05) is 0 Å². The van der Waals surface area contributed by atoms with E-state index in [1.54, 1.807) is 0 Å². The molecule has 0 saturated carbocycles. The van der Waals surface area contributed by atoms with Crippen LogP contribution in [-0.2, 0) is 14.3 Å². The zero-order valence-corrected chi connectivity index (χ0v) is 13.7. The number of carbonyl (C=O) groups excluding carboxylic acids is 1. The number of phenols is 1. The number of benzene rings is 1. The molecule has 1 fully saturated rings. The quantitative estimate of drug-likeness (QED) is 0.653. The largest absolute Gasteiger partial charge is 0.505 e. The van der Waals surface area contributed by atoms with Crippen LogP contribution in [0.4, 0.5) is 22.0 Å². The number of ether oxygens (including phenoxy) is 2. The highest BCUT2D eigenvalue weighted by molar-refractivity contribution is 5.77. The molecule has 4 atom stereocenters. The van der Waals surface area contributed by atoms with Crippen LogP contribution in [0.2, 0.25) is 0 Å². The summed E-state index contributed by atoms with van der Waals surface area (Å²) < 4.78 is 77.2. The fourth-order valence-electron chi connectivity index (χ4n) is 3.41. The molecule has 0 radical (unpaired) electrons. The minimum atomic E-state index is -4.83. The molecule has 1 saturated heterocycles. The molecule has 9 heteroatoms. The normalized spacial score (nSPS) is 29.7. The van der Waals surface area contributed by atoms with Crippen LogP contribution in [0.5, 0.6) is 5.75 Å². The minimum Gasteiger partial charge on any atom is -0.505 e. The smallest absolute Gasteiger partial charge is 0.417 e. The molecule has 1 aromatic rings. The van der Waals surface area contributed by atoms with Crippen LogP contribution in [0.1, 0.15) is 31.7 Å². The summed E-state index contributed by atoms with van der Waals surface area (Å²) in [7, 11) is 0.970. The summed E-state index contributed by atoms with van der Waals surface area (Å²) in [6.07, 6.45) is -6.65. The summed E-state index contributed by atoms with van der Waals surface area (Å²) in [5.41, 5.74) is -3.06. The van der Waals surface area contributed by atoms with Crippen molar-refractivity contribution in [2.75, 3.05) is 7.11 Å². The van der Waals surface area contributed by atoms with Crippen LogP contribution in [0, 0.1) is 17.6 Å². The topological polar surface area (TPSA) is 55.8 Å². The van der Waals surface area contributed by atoms with Crippen LogP contribution in [-0.4, -0.2) is 36.1 Å². The van der Waals surface area contributed by atoms with Crippen molar-refractivity contribution in [2.24, 2.45) is 5.92 Å². The number of esters is 1. The van der Waals surface area contributed by atoms with Gasteiger partial charge in [0.15, 0.2) is 23.3 Å². The Bertz CT molecular complexity index is 675. The molecular formula is C16H17F5O4. The second-order valence-corrected chi connectivity index (χ2v) is 6.01. The molecule has 0 amide bonds. The van der Waals surface area contributed by atoms with Crippen LogP contribution in [0.25, 0.3) is 0 Å². The lowest BCUT2D eigenvalue weighted by molar-refractivity contribution is -0.275. The van der Waals surface area contributed by atoms with Crippen LogP contribution in [0.15, 0.2) is 12.1 Å². The van der Waals surface area contributed by atoms with Gasteiger partial charge < -0.3 is 14.6 Å². The van der Waals surface area contributed by atoms with Crippen molar-refractivity contribution in [3.63, 3.8) is 0 Å². The average Bonchev–Trinajstić information content (AvgIpc) is 2.85. The van der Waals surface area contributed by atoms with Crippen molar-refractivity contribution in [1.82, 2.24) is 0 Å². The number of halogens is 5. The molecule has 0 spiro atoms. The lowest BCUT2D eigenvalue weighted by Gasteiger charge is -2.33. The highest BCUT2D eigenvalue weighted by atomic mass is 19.4. The van der Waals surface area contributed by atoms with Gasteiger partial charge in [0.1, 0.15) is 0 Å². The van der Waals surface area contributed by atoms with E-state index in [0.29, 0.717) is 6.07 Å². The SMILES string of the molecule is CC[C@H]1[C@@H](c2ccc(F)c(F)c2O)[C@@H](C(=O)OC)O[C@@]1(C)C(F)(F)F. The average molecular weight is 368 g/mol. The first kappa shape index (κ1) is 19.4. The molecule has 1 aromatic carbocycles. The number of carbonyl (C=O) groups is 1. The van der Waals surface area contributed by atoms with Gasteiger partial charge in [0, 0.05) is 17.4 Å². The van der Waals surface area contributed by atoms with Crippen molar-refractivity contribution in [2.45, 2.75) is 44.1 Å². The Morgan fingerprint density at radius 3 is 2.44 bits per heavy atom. The molecule has 0 unspecified atom stereocenters. The highest BCUT2D eigenvalue weighted by Gasteiger charge is 2.67. The Hall–Kier alpha value is -1.90. The molecule has 1 aliphatic rings. The molecular weight excluding hydrogens is 351 g/mol. The van der Waals surface area contributed by atoms with Gasteiger partial charge in [-0.15, -0.1) is 0 Å². The first-order valence-electron chi connectivity index (χ1n) is 7.48. The maximum atomic E-state index is 13.7. The molecule has 2 rings (SSSR count). The monoisotopic (exact) mass is 368 g/mol. The molecule has 25 heavy (non-hydrogen) atoms. The van der Waals surface area contributed by atoms with Gasteiger partial charge in [-0.05, 0) is 19.4 Å². The number of rotatable bonds is 3. The highest BCUT2D eigenvalue weighted by Crippen LogP contribution is 2.56. The van der Waals surface area contributed by atoms with E-state index in [0.717, 1.165) is 20.1 Å². The summed E-state index contributed by atoms with van der Waals surface area (Å²) in [6.45, 7) is 2.23. The number of hydrogen-bond donors (Lipinski definition) is 1. The Kier molecular flexibility index (Phi) is 5.00. The number of phenolic OH excluding ortho intramolecular Hbond substituents is 1. The zero-order chi connectivity index (χ0) is 19.2. The zero-order valence-electron chi connectivity index (χ0n) is 13.7. The Morgan fingerprint density at radius 1 is 1.36 bits per heavy atom. The molecule has 0 bridgehead atoms. The number of methoxy groups -OCH3 is 1. The number of hydrogen-bond acceptors (Lipinski definition) is 4. The van der Waals surface area contributed by atoms with Crippen molar-refractivity contribution in [3.8, 4) is 5.75 Å². The standard InChI is InChI=1S/C16H17F5O4/c1-4-8-10(7-5-6-9(17)11(18)12(7)22)13(14(23)24-3)25-15(8,2)16(19,20)21/h5-6,8,10,13,22H,4H2,1-3H3/t8-,10+,13-,15+/m0/s1. The third-order valence-electron chi connectivity index (χ3n) is 4.73. The maximum absolute atomic E-state index is 13.7. The second kappa shape index (κ2) is 6.44. The summed E-state index contributed by atoms with van der Waals surface area (Å²) >= 11 is 0. The predicted molar refractivity (Wildman–Crippen MR) is 75.9 cm³/mol. The number of aromatic hydroxyl groups is 1. The third kappa shape index (κ3) is 2.94. The van der Waals surface area contributed by atoms with Crippen LogP contribution < -0.4 is 0 Å². The van der Waals surface area contributed by atoms with E-state index < -0.39 is 53.1 Å². The van der Waals surface area contributed by atoms with E-state index in [4.69, 9.17) is 4.74 Å². The first-order chi connectivity index (χ1) is 11.5. The van der Waals surface area contributed by atoms with Crippen molar-refractivity contribution in [3.05, 3.63) is 29.3 Å². The Morgan fingerprint density at radius 2 is 1.96 bits per heavy atom. The van der Waals surface area contributed by atoms with Crippen LogP contribution >= 0.6 is 0 Å². The summed E-state index contributed by atoms with van der Waals surface area (Å²) in [5, 5.41) is 9.89. The number of alkyl halides is 3. The molecule has 1 aliphatic heterocycles. The van der Waals surface area contributed by atoms with Crippen LogP contribution in [0.3, 0.4) is 0 Å². The van der Waals surface area contributed by atoms with Gasteiger partial charge in [-0.3, -0.25) is 0 Å². The van der Waals surface area contributed by atoms with Crippen molar-refractivity contribution >= 4 is 5.97 Å². The third-order valence-corrected chi connectivity index (χ3v) is 4.73. The van der Waals surface area contributed by atoms with Gasteiger partial charge in [0.25, 0.3) is 0 Å². The fraction of sp³-hybridized carbons (Fsp3) is 0.562. The summed E-state index contributed by atoms with van der Waals surface area (Å²) in [6, 6.07) is 1.62. The summed E-state index contributed by atoms with van der Waals surface area (Å²) in [4.78, 5) is 12.0. The predicted octanol–water partition coefficient (Wildman–Crippen LogP) is 3.67. The van der Waals surface area contributed by atoms with Gasteiger partial charge in [0.05, 0.1) is 7.11 Å². The van der Waals surface area contributed by atoms with Crippen molar-refractivity contribution in [1.29, 1.82) is 0 Å². The molecule has 0 aromatic heterocycles. The molecule has 140 valence electrons. The molecule has 4 nitrogen and oxygen atoms in total. The maximum Gasteiger partial charge on any atom is 0.417 e. The Labute approximate surface area is 140 Å². The van der Waals surface area contributed by atoms with E-state index >= 15 is 0 Å². The van der Waals surface area contributed by atoms with Gasteiger partial charge >= 0.3 is 12.1 Å². The van der Waals surface area contributed by atoms with Gasteiger partial charge in [-0.1, -0.05) is 13.0 Å².